The smallest absolute Gasteiger partial charge is 0.0926 e. The molecule has 3 nitrogen and oxygen atoms in total. The van der Waals surface area contributed by atoms with Crippen molar-refractivity contribution < 1.29 is 0 Å². The van der Waals surface area contributed by atoms with Crippen LogP contribution in [-0.4, -0.2) is 36.1 Å². The van der Waals surface area contributed by atoms with Gasteiger partial charge in [-0.15, -0.1) is 11.3 Å². The lowest BCUT2D eigenvalue weighted by molar-refractivity contribution is 0.186. The molecule has 1 aliphatic heterocycles. The quantitative estimate of drug-likeness (QED) is 0.869. The first-order valence-electron chi connectivity index (χ1n) is 6.14. The molecule has 4 heteroatoms. The highest BCUT2D eigenvalue weighted by atomic mass is 32.1. The van der Waals surface area contributed by atoms with Gasteiger partial charge >= 0.3 is 0 Å². The minimum atomic E-state index is 0.665. The molecule has 1 unspecified atom stereocenters. The summed E-state index contributed by atoms with van der Waals surface area (Å²) >= 11 is 1.79. The fraction of sp³-hybridized carbons (Fsp3) is 0.750. The van der Waals surface area contributed by atoms with Gasteiger partial charge in [0, 0.05) is 24.5 Å². The number of nitrogens with zero attached hydrogens (tertiary/aromatic N) is 2. The summed E-state index contributed by atoms with van der Waals surface area (Å²) in [7, 11) is 2.06. The van der Waals surface area contributed by atoms with Crippen molar-refractivity contribution in [3.05, 3.63) is 16.1 Å². The second kappa shape index (κ2) is 5.75. The summed E-state index contributed by atoms with van der Waals surface area (Å²) in [4.78, 5) is 7.14. The van der Waals surface area contributed by atoms with Crippen molar-refractivity contribution in [1.29, 1.82) is 0 Å². The van der Waals surface area contributed by atoms with Crippen LogP contribution in [0.25, 0.3) is 0 Å². The average Bonchev–Trinajstić information content (AvgIpc) is 2.77. The first kappa shape index (κ1) is 12.0. The number of nitrogens with one attached hydrogen (secondary N) is 1. The zero-order chi connectivity index (χ0) is 11.4. The van der Waals surface area contributed by atoms with Crippen LogP contribution in [0.5, 0.6) is 0 Å². The molecule has 0 spiro atoms. The van der Waals surface area contributed by atoms with E-state index in [1.807, 2.05) is 0 Å². The maximum absolute atomic E-state index is 4.63. The Balaban J connectivity index is 1.88. The number of aromatic nitrogens is 1. The van der Waals surface area contributed by atoms with E-state index in [9.17, 15) is 0 Å². The predicted octanol–water partition coefficient (Wildman–Crippen LogP) is 1.89. The molecule has 1 atom stereocenters. The molecule has 1 saturated heterocycles. The van der Waals surface area contributed by atoms with E-state index in [0.717, 1.165) is 19.5 Å². The minimum Gasteiger partial charge on any atom is -0.316 e. The standard InChI is InChI=1S/C12H21N3S/c1-3-12-14-11(9-16-12)8-15-6-4-5-10(7-15)13-2/h9-10,13H,3-8H2,1-2H3. The highest BCUT2D eigenvalue weighted by Gasteiger charge is 2.18. The number of piperidine rings is 1. The van der Waals surface area contributed by atoms with Crippen LogP contribution in [0.15, 0.2) is 5.38 Å². The zero-order valence-corrected chi connectivity index (χ0v) is 11.0. The van der Waals surface area contributed by atoms with Crippen LogP contribution in [0.4, 0.5) is 0 Å². The van der Waals surface area contributed by atoms with Gasteiger partial charge < -0.3 is 5.32 Å². The second-order valence-corrected chi connectivity index (χ2v) is 5.39. The van der Waals surface area contributed by atoms with E-state index in [2.05, 4.69) is 34.6 Å². The van der Waals surface area contributed by atoms with Gasteiger partial charge in [-0.2, -0.15) is 0 Å². The van der Waals surface area contributed by atoms with Crippen molar-refractivity contribution in [2.75, 3.05) is 20.1 Å². The molecule has 0 radical (unpaired) electrons. The third kappa shape index (κ3) is 3.03. The Hall–Kier alpha value is -0.450. The molecule has 1 fully saturated rings. The van der Waals surface area contributed by atoms with Crippen LogP contribution in [0.1, 0.15) is 30.5 Å². The number of likely N-dealkylation sites (tertiary alicyclic amines) is 1. The molecule has 0 amide bonds. The van der Waals surface area contributed by atoms with Crippen LogP contribution in [0.3, 0.4) is 0 Å². The Kier molecular flexibility index (Phi) is 4.32. The maximum atomic E-state index is 4.63. The Labute approximate surface area is 102 Å². The summed E-state index contributed by atoms with van der Waals surface area (Å²) < 4.78 is 0. The molecule has 0 aliphatic carbocycles. The van der Waals surface area contributed by atoms with Gasteiger partial charge in [0.1, 0.15) is 0 Å². The summed E-state index contributed by atoms with van der Waals surface area (Å²) in [5.41, 5.74) is 1.25. The summed E-state index contributed by atoms with van der Waals surface area (Å²) in [5, 5.41) is 6.85. The fourth-order valence-corrected chi connectivity index (χ4v) is 2.98. The molecular weight excluding hydrogens is 218 g/mol. The lowest BCUT2D eigenvalue weighted by atomic mass is 10.1. The number of hydrogen-bond donors (Lipinski definition) is 1. The molecule has 16 heavy (non-hydrogen) atoms. The zero-order valence-electron chi connectivity index (χ0n) is 10.2. The van der Waals surface area contributed by atoms with Gasteiger partial charge in [0.2, 0.25) is 0 Å². The highest BCUT2D eigenvalue weighted by Crippen LogP contribution is 2.16. The molecule has 0 bridgehead atoms. The number of thiazole rings is 1. The number of rotatable bonds is 4. The Morgan fingerprint density at radius 2 is 2.50 bits per heavy atom. The van der Waals surface area contributed by atoms with Crippen molar-refractivity contribution >= 4 is 11.3 Å². The number of hydrogen-bond acceptors (Lipinski definition) is 4. The topological polar surface area (TPSA) is 28.2 Å². The average molecular weight is 239 g/mol. The largest absolute Gasteiger partial charge is 0.316 e. The monoisotopic (exact) mass is 239 g/mol. The number of likely N-dealkylation sites (N-methyl/N-ethyl adjacent to an activating group) is 1. The first-order chi connectivity index (χ1) is 7.81. The van der Waals surface area contributed by atoms with E-state index in [0.29, 0.717) is 6.04 Å². The van der Waals surface area contributed by atoms with Gasteiger partial charge in [0.25, 0.3) is 0 Å². The minimum absolute atomic E-state index is 0.665. The Morgan fingerprint density at radius 1 is 1.62 bits per heavy atom. The van der Waals surface area contributed by atoms with Gasteiger partial charge in [0.05, 0.1) is 10.7 Å². The maximum Gasteiger partial charge on any atom is 0.0926 e. The summed E-state index contributed by atoms with van der Waals surface area (Å²) in [6.45, 7) is 5.57. The molecule has 2 heterocycles. The van der Waals surface area contributed by atoms with Crippen molar-refractivity contribution in [2.45, 2.75) is 38.8 Å². The predicted molar refractivity (Wildman–Crippen MR) is 68.9 cm³/mol. The molecule has 1 aromatic heterocycles. The van der Waals surface area contributed by atoms with Crippen LogP contribution >= 0.6 is 11.3 Å². The van der Waals surface area contributed by atoms with Crippen LogP contribution in [0, 0.1) is 0 Å². The van der Waals surface area contributed by atoms with Gasteiger partial charge in [0.15, 0.2) is 0 Å². The molecule has 1 aliphatic rings. The third-order valence-corrected chi connectivity index (χ3v) is 4.24. The SMILES string of the molecule is CCc1nc(CN2CCCC(NC)C2)cs1. The van der Waals surface area contributed by atoms with E-state index in [1.165, 1.54) is 30.1 Å². The summed E-state index contributed by atoms with van der Waals surface area (Å²) in [6.07, 6.45) is 3.67. The first-order valence-corrected chi connectivity index (χ1v) is 7.02. The van der Waals surface area contributed by atoms with Crippen molar-refractivity contribution in [3.63, 3.8) is 0 Å². The Bertz CT molecular complexity index is 324. The van der Waals surface area contributed by atoms with Crippen molar-refractivity contribution in [3.8, 4) is 0 Å². The van der Waals surface area contributed by atoms with Crippen molar-refractivity contribution in [1.82, 2.24) is 15.2 Å². The van der Waals surface area contributed by atoms with E-state index in [1.54, 1.807) is 11.3 Å². The molecule has 1 aromatic rings. The van der Waals surface area contributed by atoms with Crippen LogP contribution in [0.2, 0.25) is 0 Å². The van der Waals surface area contributed by atoms with Crippen molar-refractivity contribution in [2.24, 2.45) is 0 Å². The lowest BCUT2D eigenvalue weighted by Gasteiger charge is -2.31. The molecule has 90 valence electrons. The lowest BCUT2D eigenvalue weighted by Crippen LogP contribution is -2.43. The second-order valence-electron chi connectivity index (χ2n) is 4.45. The third-order valence-electron chi connectivity index (χ3n) is 3.20. The van der Waals surface area contributed by atoms with Gasteiger partial charge in [-0.25, -0.2) is 4.98 Å². The van der Waals surface area contributed by atoms with E-state index in [4.69, 9.17) is 0 Å². The molecular formula is C12H21N3S. The van der Waals surface area contributed by atoms with E-state index in [-0.39, 0.29) is 0 Å². The molecule has 0 aromatic carbocycles. The van der Waals surface area contributed by atoms with Crippen LogP contribution < -0.4 is 5.32 Å². The van der Waals surface area contributed by atoms with E-state index < -0.39 is 0 Å². The molecule has 1 N–H and O–H groups in total. The molecule has 2 rings (SSSR count). The van der Waals surface area contributed by atoms with Crippen LogP contribution in [-0.2, 0) is 13.0 Å². The summed E-state index contributed by atoms with van der Waals surface area (Å²) in [5.74, 6) is 0. The number of aryl methyl sites for hydroxylation is 1. The summed E-state index contributed by atoms with van der Waals surface area (Å²) in [6, 6.07) is 0.665. The van der Waals surface area contributed by atoms with Gasteiger partial charge in [-0.05, 0) is 32.9 Å². The normalized spacial score (nSPS) is 22.5. The van der Waals surface area contributed by atoms with Gasteiger partial charge in [-0.3, -0.25) is 4.90 Å². The molecule has 0 saturated carbocycles. The van der Waals surface area contributed by atoms with E-state index >= 15 is 0 Å². The highest BCUT2D eigenvalue weighted by molar-refractivity contribution is 7.09. The van der Waals surface area contributed by atoms with Gasteiger partial charge in [-0.1, -0.05) is 6.92 Å². The Morgan fingerprint density at radius 3 is 3.19 bits per heavy atom. The fourth-order valence-electron chi connectivity index (χ4n) is 2.25.